The number of alkyl halides is 2. The van der Waals surface area contributed by atoms with Crippen LogP contribution in [0.25, 0.3) is 0 Å². The molecule has 0 aliphatic rings. The summed E-state index contributed by atoms with van der Waals surface area (Å²) in [6, 6.07) is -0.328. The number of amides is 2. The van der Waals surface area contributed by atoms with Crippen molar-refractivity contribution in [1.82, 2.24) is 10.6 Å². The monoisotopic (exact) mass is 358 g/mol. The highest BCUT2D eigenvalue weighted by atomic mass is 79.9. The van der Waals surface area contributed by atoms with Gasteiger partial charge in [-0.3, -0.25) is 9.59 Å². The van der Waals surface area contributed by atoms with Crippen LogP contribution in [0.5, 0.6) is 0 Å². The standard InChI is InChI=1S/C8H11B3Br2N2O2/c1-4(15-6(17)8(10,11)13)3-14-5(16)7(2,9)12/h4H,3H2,1-2H3,(H,14,16)(H,15,17). The van der Waals surface area contributed by atoms with Gasteiger partial charge in [0.25, 0.3) is 0 Å². The van der Waals surface area contributed by atoms with Crippen LogP contribution in [0.4, 0.5) is 0 Å². The molecule has 0 rings (SSSR count). The van der Waals surface area contributed by atoms with Crippen molar-refractivity contribution >= 4 is 67.2 Å². The number of halogens is 2. The molecular weight excluding hydrogens is 348 g/mol. The van der Waals surface area contributed by atoms with Crippen LogP contribution in [-0.2, 0) is 9.59 Å². The molecule has 88 valence electrons. The zero-order chi connectivity index (χ0) is 13.9. The number of carbonyl (C=O) groups excluding carboxylic acids is 2. The van der Waals surface area contributed by atoms with Crippen LogP contribution in [0, 0.1) is 0 Å². The van der Waals surface area contributed by atoms with Crippen LogP contribution >= 0.6 is 31.9 Å². The van der Waals surface area contributed by atoms with E-state index in [0.717, 1.165) is 0 Å². The minimum Gasteiger partial charge on any atom is -0.354 e. The molecule has 2 unspecified atom stereocenters. The van der Waals surface area contributed by atoms with E-state index in [1.54, 1.807) is 6.92 Å². The minimum absolute atomic E-state index is 0.214. The van der Waals surface area contributed by atoms with Gasteiger partial charge in [0.1, 0.15) is 7.85 Å². The summed E-state index contributed by atoms with van der Waals surface area (Å²) in [5, 5.41) is 5.08. The Hall–Kier alpha value is 0.0948. The van der Waals surface area contributed by atoms with Gasteiger partial charge in [0.05, 0.1) is 19.9 Å². The molecule has 2 amide bonds. The zero-order valence-corrected chi connectivity index (χ0v) is 12.8. The van der Waals surface area contributed by atoms with Crippen LogP contribution in [0.3, 0.4) is 0 Å². The molecule has 0 bridgehead atoms. The molecule has 0 aliphatic heterocycles. The fourth-order valence-corrected chi connectivity index (χ4v) is 1.06. The van der Waals surface area contributed by atoms with Gasteiger partial charge in [-0.2, -0.15) is 0 Å². The molecule has 0 heterocycles. The first-order valence-corrected chi connectivity index (χ1v) is 6.37. The summed E-state index contributed by atoms with van der Waals surface area (Å²) < 4.78 is -2.76. The van der Waals surface area contributed by atoms with E-state index in [-0.39, 0.29) is 18.5 Å². The fraction of sp³-hybridized carbons (Fsp3) is 0.750. The third kappa shape index (κ3) is 7.19. The third-order valence-electron chi connectivity index (χ3n) is 1.74. The van der Waals surface area contributed by atoms with Crippen molar-refractivity contribution < 1.29 is 9.59 Å². The summed E-state index contributed by atoms with van der Waals surface area (Å²) in [7, 11) is 16.1. The summed E-state index contributed by atoms with van der Waals surface area (Å²) >= 11 is 5.82. The maximum Gasteiger partial charge on any atom is 0.227 e. The molecule has 0 aromatic heterocycles. The van der Waals surface area contributed by atoms with E-state index in [1.807, 2.05) is 0 Å². The predicted octanol–water partition coefficient (Wildman–Crippen LogP) is -0.727. The van der Waals surface area contributed by atoms with Gasteiger partial charge in [-0.25, -0.2) is 0 Å². The van der Waals surface area contributed by atoms with Crippen molar-refractivity contribution in [3.05, 3.63) is 0 Å². The van der Waals surface area contributed by atoms with Gasteiger partial charge < -0.3 is 10.6 Å². The van der Waals surface area contributed by atoms with Gasteiger partial charge in [0, 0.05) is 16.7 Å². The molecular formula is C8H11B3Br2N2O2. The Balaban J connectivity index is 4.10. The van der Waals surface area contributed by atoms with Crippen molar-refractivity contribution in [1.29, 1.82) is 0 Å². The van der Waals surface area contributed by atoms with E-state index in [4.69, 9.17) is 23.5 Å². The lowest BCUT2D eigenvalue weighted by Gasteiger charge is -2.23. The Bertz CT molecular complexity index is 302. The van der Waals surface area contributed by atoms with E-state index in [9.17, 15) is 9.59 Å². The van der Waals surface area contributed by atoms with E-state index in [2.05, 4.69) is 42.5 Å². The number of hydrogen-bond donors (Lipinski definition) is 2. The van der Waals surface area contributed by atoms with Crippen molar-refractivity contribution in [2.45, 2.75) is 28.2 Å². The van der Waals surface area contributed by atoms with E-state index >= 15 is 0 Å². The van der Waals surface area contributed by atoms with Gasteiger partial charge in [-0.05, 0) is 13.8 Å². The second-order valence-electron chi connectivity index (χ2n) is 3.93. The fourth-order valence-electron chi connectivity index (χ4n) is 0.804. The lowest BCUT2D eigenvalue weighted by atomic mass is 9.70. The molecule has 2 atom stereocenters. The molecule has 0 spiro atoms. The molecule has 0 aromatic rings. The highest BCUT2D eigenvalue weighted by Gasteiger charge is 2.25. The summed E-state index contributed by atoms with van der Waals surface area (Å²) in [4.78, 5) is 22.8. The first-order chi connectivity index (χ1) is 7.44. The van der Waals surface area contributed by atoms with Crippen molar-refractivity contribution in [3.8, 4) is 0 Å². The molecule has 9 heteroatoms. The van der Waals surface area contributed by atoms with Gasteiger partial charge >= 0.3 is 0 Å². The normalized spacial score (nSPS) is 16.7. The van der Waals surface area contributed by atoms with Gasteiger partial charge in [0.15, 0.2) is 0 Å². The summed E-state index contributed by atoms with van der Waals surface area (Å²) in [6.45, 7) is 3.42. The molecule has 0 aliphatic carbocycles. The molecule has 0 saturated heterocycles. The maximum absolute atomic E-state index is 11.4. The molecule has 2 N–H and O–H groups in total. The second-order valence-corrected chi connectivity index (χ2v) is 6.89. The number of hydrogen-bond acceptors (Lipinski definition) is 2. The topological polar surface area (TPSA) is 58.2 Å². The molecule has 0 saturated carbocycles. The summed E-state index contributed by atoms with van der Waals surface area (Å²) in [6.07, 6.45) is 0. The second kappa shape index (κ2) is 6.32. The SMILES string of the molecule is [B]C([B])(Br)C(=O)NC(C)CNC(=O)C([B])(C)Br. The summed E-state index contributed by atoms with van der Waals surface area (Å²) in [5.41, 5.74) is 0. The van der Waals surface area contributed by atoms with Crippen LogP contribution in [0.2, 0.25) is 0 Å². The Labute approximate surface area is 122 Å². The molecule has 0 aromatic carbocycles. The van der Waals surface area contributed by atoms with E-state index in [1.165, 1.54) is 6.92 Å². The quantitative estimate of drug-likeness (QED) is 0.503. The highest BCUT2D eigenvalue weighted by molar-refractivity contribution is 9.11. The average molecular weight is 359 g/mol. The zero-order valence-electron chi connectivity index (χ0n) is 9.59. The van der Waals surface area contributed by atoms with Crippen LogP contribution in [0.1, 0.15) is 13.8 Å². The first kappa shape index (κ1) is 17.1. The van der Waals surface area contributed by atoms with Crippen molar-refractivity contribution in [3.63, 3.8) is 0 Å². The number of carbonyl (C=O) groups is 2. The van der Waals surface area contributed by atoms with Crippen LogP contribution < -0.4 is 10.6 Å². The lowest BCUT2D eigenvalue weighted by Crippen LogP contribution is -2.51. The third-order valence-corrected chi connectivity index (χ3v) is 2.46. The van der Waals surface area contributed by atoms with Crippen LogP contribution in [-0.4, -0.2) is 56.3 Å². The lowest BCUT2D eigenvalue weighted by molar-refractivity contribution is -0.123. The molecule has 17 heavy (non-hydrogen) atoms. The highest BCUT2D eigenvalue weighted by Crippen LogP contribution is 2.11. The largest absolute Gasteiger partial charge is 0.354 e. The van der Waals surface area contributed by atoms with E-state index < -0.39 is 14.3 Å². The summed E-state index contributed by atoms with van der Waals surface area (Å²) in [5.74, 6) is -0.960. The first-order valence-electron chi connectivity index (χ1n) is 4.78. The Kier molecular flexibility index (Phi) is 6.35. The maximum atomic E-state index is 11.4. The smallest absolute Gasteiger partial charge is 0.227 e. The Morgan fingerprint density at radius 3 is 2.06 bits per heavy atom. The van der Waals surface area contributed by atoms with Gasteiger partial charge in [-0.15, -0.1) is 0 Å². The number of rotatable bonds is 5. The van der Waals surface area contributed by atoms with Crippen LogP contribution in [0.15, 0.2) is 0 Å². The minimum atomic E-state index is -1.62. The van der Waals surface area contributed by atoms with Crippen molar-refractivity contribution in [2.24, 2.45) is 0 Å². The molecule has 0 fully saturated rings. The predicted molar refractivity (Wildman–Crippen MR) is 76.9 cm³/mol. The number of nitrogens with one attached hydrogen (secondary N) is 2. The Morgan fingerprint density at radius 2 is 1.71 bits per heavy atom. The van der Waals surface area contributed by atoms with E-state index in [0.29, 0.717) is 0 Å². The van der Waals surface area contributed by atoms with Gasteiger partial charge in [-0.1, -0.05) is 31.9 Å². The van der Waals surface area contributed by atoms with Crippen molar-refractivity contribution in [2.75, 3.05) is 6.54 Å². The molecule has 4 nitrogen and oxygen atoms in total. The molecule has 6 radical (unpaired) electrons. The Morgan fingerprint density at radius 1 is 1.24 bits per heavy atom. The van der Waals surface area contributed by atoms with Gasteiger partial charge in [0.2, 0.25) is 11.8 Å². The average Bonchev–Trinajstić information content (AvgIpc) is 2.10.